The zero-order valence-electron chi connectivity index (χ0n) is 9.25. The van der Waals surface area contributed by atoms with E-state index in [0.29, 0.717) is 0 Å². The summed E-state index contributed by atoms with van der Waals surface area (Å²) in [6.07, 6.45) is 0. The molecular weight excluding hydrogens is 280 g/mol. The number of hydrogen-bond acceptors (Lipinski definition) is 5. The molecule has 0 saturated carbocycles. The minimum atomic E-state index is -4.11. The number of non-ortho nitro benzene ring substituents is 1. The summed E-state index contributed by atoms with van der Waals surface area (Å²) in [5.41, 5.74) is 5.12. The number of nitro benzene ring substituents is 1. The molecule has 0 spiro atoms. The molecule has 1 aromatic rings. The molecule has 0 bridgehead atoms. The maximum atomic E-state index is 11.3. The number of nitro groups is 1. The Bertz CT molecular complexity index is 644. The van der Waals surface area contributed by atoms with Crippen LogP contribution in [-0.4, -0.2) is 19.4 Å². The quantitative estimate of drug-likeness (QED) is 0.381. The van der Waals surface area contributed by atoms with Crippen LogP contribution < -0.4 is 5.73 Å². The monoisotopic (exact) mass is 288 g/mol. The van der Waals surface area contributed by atoms with Gasteiger partial charge in [0.1, 0.15) is 4.90 Å². The van der Waals surface area contributed by atoms with E-state index in [9.17, 15) is 18.5 Å². The smallest absolute Gasteiger partial charge is 0.270 e. The van der Waals surface area contributed by atoms with E-state index in [4.69, 9.17) is 16.4 Å². The average molecular weight is 289 g/mol. The predicted molar refractivity (Wildman–Crippen MR) is 66.7 cm³/mol. The van der Waals surface area contributed by atoms with E-state index in [-0.39, 0.29) is 11.3 Å². The molecule has 8 heteroatoms. The summed E-state index contributed by atoms with van der Waals surface area (Å²) in [4.78, 5) is 9.46. The Kier molecular flexibility index (Phi) is 4.29. The number of nitrogens with two attached hydrogens (primary N) is 1. The van der Waals surface area contributed by atoms with Gasteiger partial charge in [-0.15, -0.1) is 0 Å². The second-order valence-electron chi connectivity index (χ2n) is 3.43. The van der Waals surface area contributed by atoms with Crippen molar-refractivity contribution in [2.45, 2.75) is 17.9 Å². The summed E-state index contributed by atoms with van der Waals surface area (Å²) in [6.45, 7) is 1.62. The summed E-state index contributed by atoms with van der Waals surface area (Å²) >= 11 is 0. The van der Waals surface area contributed by atoms with Crippen molar-refractivity contribution >= 4 is 25.4 Å². The fourth-order valence-electron chi connectivity index (χ4n) is 1.12. The zero-order chi connectivity index (χ0) is 13.9. The molecule has 2 N–H and O–H groups in total. The predicted octanol–water partition coefficient (Wildman–Crippen LogP) is 1.22. The highest BCUT2D eigenvalue weighted by molar-refractivity contribution is 8.13. The van der Waals surface area contributed by atoms with Crippen LogP contribution >= 0.6 is 10.7 Å². The van der Waals surface area contributed by atoms with Gasteiger partial charge in [-0.3, -0.25) is 10.1 Å². The SMILES string of the molecule is CC(N)C#Cc1ccc([N+](=O)[O-])cc1S(=O)(=O)Cl. The molecule has 0 heterocycles. The second kappa shape index (κ2) is 5.35. The van der Waals surface area contributed by atoms with Gasteiger partial charge in [-0.25, -0.2) is 8.42 Å². The van der Waals surface area contributed by atoms with E-state index in [1.165, 1.54) is 6.07 Å². The summed E-state index contributed by atoms with van der Waals surface area (Å²) in [7, 11) is 1.09. The van der Waals surface area contributed by atoms with Crippen LogP contribution in [0.3, 0.4) is 0 Å². The van der Waals surface area contributed by atoms with Gasteiger partial charge in [-0.1, -0.05) is 11.8 Å². The van der Waals surface area contributed by atoms with Crippen LogP contribution in [0.1, 0.15) is 12.5 Å². The van der Waals surface area contributed by atoms with E-state index in [2.05, 4.69) is 11.8 Å². The van der Waals surface area contributed by atoms with E-state index in [1.807, 2.05) is 0 Å². The second-order valence-corrected chi connectivity index (χ2v) is 5.97. The standard InChI is InChI=1S/C10H9ClN2O4S/c1-7(12)2-3-8-4-5-9(13(14)15)6-10(8)18(11,16)17/h4-7H,12H2,1H3. The van der Waals surface area contributed by atoms with Gasteiger partial charge in [0.25, 0.3) is 14.7 Å². The van der Waals surface area contributed by atoms with Gasteiger partial charge in [-0.2, -0.15) is 0 Å². The lowest BCUT2D eigenvalue weighted by atomic mass is 10.2. The van der Waals surface area contributed by atoms with Gasteiger partial charge < -0.3 is 5.73 Å². The highest BCUT2D eigenvalue weighted by Crippen LogP contribution is 2.24. The first kappa shape index (κ1) is 14.4. The zero-order valence-corrected chi connectivity index (χ0v) is 10.8. The van der Waals surface area contributed by atoms with Crippen LogP contribution in [0.15, 0.2) is 23.1 Å². The molecule has 0 fully saturated rings. The lowest BCUT2D eigenvalue weighted by molar-refractivity contribution is -0.385. The Morgan fingerprint density at radius 2 is 2.11 bits per heavy atom. The third-order valence-corrected chi connectivity index (χ3v) is 3.24. The molecule has 1 aromatic carbocycles. The fourth-order valence-corrected chi connectivity index (χ4v) is 2.15. The topological polar surface area (TPSA) is 103 Å². The van der Waals surface area contributed by atoms with Gasteiger partial charge in [0.2, 0.25) is 0 Å². The first-order valence-corrected chi connectivity index (χ1v) is 7.03. The normalized spacial score (nSPS) is 12.4. The first-order valence-electron chi connectivity index (χ1n) is 4.72. The van der Waals surface area contributed by atoms with E-state index >= 15 is 0 Å². The molecule has 18 heavy (non-hydrogen) atoms. The molecule has 0 aliphatic heterocycles. The first-order chi connectivity index (χ1) is 8.21. The Hall–Kier alpha value is -1.62. The van der Waals surface area contributed by atoms with Crippen molar-refractivity contribution in [3.05, 3.63) is 33.9 Å². The molecule has 0 aromatic heterocycles. The van der Waals surface area contributed by atoms with Gasteiger partial charge in [0.05, 0.1) is 11.0 Å². The molecule has 6 nitrogen and oxygen atoms in total. The number of benzene rings is 1. The molecule has 1 atom stereocenters. The van der Waals surface area contributed by atoms with Crippen molar-refractivity contribution in [2.24, 2.45) is 5.73 Å². The molecule has 0 radical (unpaired) electrons. The van der Waals surface area contributed by atoms with Crippen LogP contribution in [0.5, 0.6) is 0 Å². The minimum absolute atomic E-state index is 0.0768. The Balaban J connectivity index is 3.46. The van der Waals surface area contributed by atoms with Gasteiger partial charge in [0, 0.05) is 28.4 Å². The van der Waals surface area contributed by atoms with Crippen LogP contribution in [0.25, 0.3) is 0 Å². The van der Waals surface area contributed by atoms with Crippen LogP contribution in [0, 0.1) is 22.0 Å². The summed E-state index contributed by atoms with van der Waals surface area (Å²) < 4.78 is 22.6. The van der Waals surface area contributed by atoms with Crippen molar-refractivity contribution < 1.29 is 13.3 Å². The third-order valence-electron chi connectivity index (χ3n) is 1.87. The van der Waals surface area contributed by atoms with E-state index in [1.54, 1.807) is 6.92 Å². The lowest BCUT2D eigenvalue weighted by Crippen LogP contribution is -2.11. The van der Waals surface area contributed by atoms with Gasteiger partial charge >= 0.3 is 0 Å². The van der Waals surface area contributed by atoms with Crippen molar-refractivity contribution in [3.63, 3.8) is 0 Å². The summed E-state index contributed by atoms with van der Waals surface area (Å²) in [5, 5.41) is 10.6. The Labute approximate surface area is 108 Å². The maximum absolute atomic E-state index is 11.3. The van der Waals surface area contributed by atoms with Crippen LogP contribution in [-0.2, 0) is 9.05 Å². The van der Waals surface area contributed by atoms with Gasteiger partial charge in [0.15, 0.2) is 0 Å². The molecule has 1 unspecified atom stereocenters. The molecular formula is C10H9ClN2O4S. The van der Waals surface area contributed by atoms with Crippen molar-refractivity contribution in [3.8, 4) is 11.8 Å². The molecule has 0 aliphatic rings. The van der Waals surface area contributed by atoms with Crippen molar-refractivity contribution in [1.29, 1.82) is 0 Å². The molecule has 1 rings (SSSR count). The number of nitrogens with zero attached hydrogens (tertiary/aromatic N) is 1. The highest BCUT2D eigenvalue weighted by Gasteiger charge is 2.19. The van der Waals surface area contributed by atoms with E-state index < -0.39 is 24.9 Å². The fraction of sp³-hybridized carbons (Fsp3) is 0.200. The highest BCUT2D eigenvalue weighted by atomic mass is 35.7. The van der Waals surface area contributed by atoms with Gasteiger partial charge in [-0.05, 0) is 13.0 Å². The number of halogens is 1. The molecule has 96 valence electrons. The number of hydrogen-bond donors (Lipinski definition) is 1. The third kappa shape index (κ3) is 3.70. The summed E-state index contributed by atoms with van der Waals surface area (Å²) in [5.74, 6) is 5.08. The lowest BCUT2D eigenvalue weighted by Gasteiger charge is -2.00. The average Bonchev–Trinajstić information content (AvgIpc) is 2.24. The van der Waals surface area contributed by atoms with Crippen molar-refractivity contribution in [2.75, 3.05) is 0 Å². The van der Waals surface area contributed by atoms with E-state index in [0.717, 1.165) is 12.1 Å². The minimum Gasteiger partial charge on any atom is -0.318 e. The van der Waals surface area contributed by atoms with Crippen LogP contribution in [0.4, 0.5) is 5.69 Å². The largest absolute Gasteiger partial charge is 0.318 e. The maximum Gasteiger partial charge on any atom is 0.270 e. The molecule has 0 amide bonds. The summed E-state index contributed by atoms with van der Waals surface area (Å²) in [6, 6.07) is 2.79. The number of rotatable bonds is 2. The van der Waals surface area contributed by atoms with Crippen LogP contribution in [0.2, 0.25) is 0 Å². The Morgan fingerprint density at radius 3 is 2.56 bits per heavy atom. The Morgan fingerprint density at radius 1 is 1.50 bits per heavy atom. The molecule has 0 aliphatic carbocycles. The van der Waals surface area contributed by atoms with Crippen molar-refractivity contribution in [1.82, 2.24) is 0 Å². The molecule has 0 saturated heterocycles.